The molecule has 3 rings (SSSR count). The molecule has 28 heavy (non-hydrogen) atoms. The molecule has 3 aromatic rings. The Morgan fingerprint density at radius 3 is 2.61 bits per heavy atom. The molecular weight excluding hydrogens is 358 g/mol. The fraction of sp³-hybridized carbons (Fsp3) is 0.238. The normalized spacial score (nSPS) is 12.1. The predicted molar refractivity (Wildman–Crippen MR) is 107 cm³/mol. The van der Waals surface area contributed by atoms with E-state index in [-0.39, 0.29) is 25.3 Å². The first-order chi connectivity index (χ1) is 13.5. The number of aliphatic hydroxyl groups is 1. The van der Waals surface area contributed by atoms with Crippen LogP contribution in [0.2, 0.25) is 0 Å². The van der Waals surface area contributed by atoms with E-state index >= 15 is 0 Å². The second-order valence-corrected chi connectivity index (χ2v) is 6.49. The Bertz CT molecular complexity index is 1030. The molecular formula is C21H23N3O4. The summed E-state index contributed by atoms with van der Waals surface area (Å²) in [5.41, 5.74) is 6.18. The summed E-state index contributed by atoms with van der Waals surface area (Å²) in [4.78, 5) is 24.1. The summed E-state index contributed by atoms with van der Waals surface area (Å²) in [6.45, 7) is 1.83. The van der Waals surface area contributed by atoms with Crippen molar-refractivity contribution in [3.63, 3.8) is 0 Å². The molecule has 0 aliphatic rings. The number of rotatable bonds is 8. The van der Waals surface area contributed by atoms with Crippen LogP contribution in [0.3, 0.4) is 0 Å². The Morgan fingerprint density at radius 2 is 1.93 bits per heavy atom. The molecule has 0 aliphatic carbocycles. The lowest BCUT2D eigenvalue weighted by atomic mass is 10.1. The number of nitrogens with two attached hydrogens (primary N) is 1. The summed E-state index contributed by atoms with van der Waals surface area (Å²) in [6.07, 6.45) is 0. The topological polar surface area (TPSA) is 107 Å². The number of hydrogen-bond donors (Lipinski definition) is 3. The van der Waals surface area contributed by atoms with Gasteiger partial charge >= 0.3 is 0 Å². The summed E-state index contributed by atoms with van der Waals surface area (Å²) in [7, 11) is 0. The highest BCUT2D eigenvalue weighted by molar-refractivity contribution is 5.81. The van der Waals surface area contributed by atoms with Gasteiger partial charge in [0, 0.05) is 24.7 Å². The molecule has 2 aromatic carbocycles. The number of ether oxygens (including phenoxy) is 1. The highest BCUT2D eigenvalue weighted by Crippen LogP contribution is 2.25. The number of amides is 1. The van der Waals surface area contributed by atoms with E-state index in [1.165, 1.54) is 4.57 Å². The van der Waals surface area contributed by atoms with Crippen LogP contribution >= 0.6 is 0 Å². The molecule has 0 bridgehead atoms. The number of carbonyl (C=O) groups excluding carboxylic acids is 1. The van der Waals surface area contributed by atoms with Gasteiger partial charge in [0.2, 0.25) is 5.91 Å². The van der Waals surface area contributed by atoms with E-state index in [9.17, 15) is 14.7 Å². The zero-order valence-corrected chi connectivity index (χ0v) is 15.6. The molecule has 7 heteroatoms. The van der Waals surface area contributed by atoms with Crippen LogP contribution in [0.1, 0.15) is 12.5 Å². The number of para-hydroxylation sites is 1. The number of nitrogens with one attached hydrogen (secondary N) is 1. The molecule has 1 heterocycles. The average molecular weight is 381 g/mol. The summed E-state index contributed by atoms with van der Waals surface area (Å²) in [5, 5.41) is 13.2. The van der Waals surface area contributed by atoms with Crippen molar-refractivity contribution < 1.29 is 14.6 Å². The fourth-order valence-electron chi connectivity index (χ4n) is 2.91. The molecule has 1 aromatic heterocycles. The van der Waals surface area contributed by atoms with E-state index in [0.717, 1.165) is 5.39 Å². The van der Waals surface area contributed by atoms with Crippen LogP contribution in [-0.2, 0) is 17.9 Å². The zero-order chi connectivity index (χ0) is 20.1. The number of fused-ring (bicyclic) bond motifs is 1. The summed E-state index contributed by atoms with van der Waals surface area (Å²) >= 11 is 0. The maximum Gasteiger partial charge on any atom is 0.255 e. The third-order valence-electron chi connectivity index (χ3n) is 4.47. The smallest absolute Gasteiger partial charge is 0.255 e. The molecule has 146 valence electrons. The van der Waals surface area contributed by atoms with Crippen molar-refractivity contribution >= 4 is 16.8 Å². The third kappa shape index (κ3) is 4.39. The van der Waals surface area contributed by atoms with E-state index in [4.69, 9.17) is 10.5 Å². The number of primary amides is 1. The Morgan fingerprint density at radius 1 is 1.18 bits per heavy atom. The number of carbonyl (C=O) groups is 1. The van der Waals surface area contributed by atoms with Crippen LogP contribution in [-0.4, -0.2) is 28.2 Å². The fourth-order valence-corrected chi connectivity index (χ4v) is 2.91. The van der Waals surface area contributed by atoms with Crippen LogP contribution in [0.15, 0.2) is 59.4 Å². The number of pyridine rings is 1. The largest absolute Gasteiger partial charge is 0.457 e. The summed E-state index contributed by atoms with van der Waals surface area (Å²) in [5.74, 6) is 0.802. The van der Waals surface area contributed by atoms with Gasteiger partial charge in [0.05, 0.1) is 18.2 Å². The lowest BCUT2D eigenvalue weighted by molar-refractivity contribution is -0.119. The lowest BCUT2D eigenvalue weighted by Gasteiger charge is -2.15. The number of hydrogen-bond acceptors (Lipinski definition) is 5. The molecule has 1 unspecified atom stereocenters. The minimum Gasteiger partial charge on any atom is -0.457 e. The monoisotopic (exact) mass is 381 g/mol. The van der Waals surface area contributed by atoms with Gasteiger partial charge in [-0.15, -0.1) is 0 Å². The Kier molecular flexibility index (Phi) is 6.08. The quantitative estimate of drug-likeness (QED) is 0.551. The van der Waals surface area contributed by atoms with Gasteiger partial charge in [-0.25, -0.2) is 0 Å². The van der Waals surface area contributed by atoms with E-state index in [0.29, 0.717) is 22.6 Å². The first-order valence-electron chi connectivity index (χ1n) is 9.02. The van der Waals surface area contributed by atoms with Crippen molar-refractivity contribution in [2.45, 2.75) is 26.1 Å². The molecule has 1 atom stereocenters. The second kappa shape index (κ2) is 8.69. The molecule has 0 spiro atoms. The van der Waals surface area contributed by atoms with E-state index < -0.39 is 11.9 Å². The van der Waals surface area contributed by atoms with Crippen LogP contribution in [0.5, 0.6) is 11.5 Å². The molecule has 0 saturated carbocycles. The number of nitrogens with zero attached hydrogens (tertiary/aromatic N) is 1. The van der Waals surface area contributed by atoms with Crippen molar-refractivity contribution in [3.05, 3.63) is 70.5 Å². The van der Waals surface area contributed by atoms with Crippen molar-refractivity contribution in [3.8, 4) is 11.5 Å². The molecule has 0 saturated heterocycles. The number of aromatic nitrogens is 1. The average Bonchev–Trinajstić information content (AvgIpc) is 2.69. The SMILES string of the molecule is CC(NCc1cc2ccc(Oc3ccccc3)cc2n(CCO)c1=O)C(N)=O. The zero-order valence-electron chi connectivity index (χ0n) is 15.6. The van der Waals surface area contributed by atoms with Crippen molar-refractivity contribution in [1.82, 2.24) is 9.88 Å². The van der Waals surface area contributed by atoms with Crippen molar-refractivity contribution in [2.24, 2.45) is 5.73 Å². The van der Waals surface area contributed by atoms with Gasteiger partial charge in [-0.1, -0.05) is 18.2 Å². The van der Waals surface area contributed by atoms with Crippen LogP contribution in [0, 0.1) is 0 Å². The standard InChI is InChI=1S/C21H23N3O4/c1-14(20(22)26)23-13-16-11-15-7-8-18(28-17-5-3-2-4-6-17)12-19(15)24(9-10-25)21(16)27/h2-8,11-12,14,23,25H,9-10,13H2,1H3,(H2,22,26). The molecule has 0 fully saturated rings. The Balaban J connectivity index is 1.98. The summed E-state index contributed by atoms with van der Waals surface area (Å²) < 4.78 is 7.37. The van der Waals surface area contributed by atoms with Gasteiger partial charge < -0.3 is 25.5 Å². The number of aliphatic hydroxyl groups excluding tert-OH is 1. The van der Waals surface area contributed by atoms with Gasteiger partial charge in [0.15, 0.2) is 0 Å². The Hall–Kier alpha value is -3.16. The van der Waals surface area contributed by atoms with Crippen molar-refractivity contribution in [2.75, 3.05) is 6.61 Å². The minimum atomic E-state index is -0.553. The van der Waals surface area contributed by atoms with E-state index in [1.54, 1.807) is 19.1 Å². The van der Waals surface area contributed by atoms with Gasteiger partial charge in [0.1, 0.15) is 11.5 Å². The van der Waals surface area contributed by atoms with Gasteiger partial charge in [-0.3, -0.25) is 9.59 Å². The maximum atomic E-state index is 12.9. The van der Waals surface area contributed by atoms with Crippen LogP contribution in [0.25, 0.3) is 10.9 Å². The van der Waals surface area contributed by atoms with Crippen molar-refractivity contribution in [1.29, 1.82) is 0 Å². The predicted octanol–water partition coefficient (Wildman–Crippen LogP) is 1.75. The first kappa shape index (κ1) is 19.6. The van der Waals surface area contributed by atoms with Gasteiger partial charge in [-0.2, -0.15) is 0 Å². The minimum absolute atomic E-state index is 0.156. The summed E-state index contributed by atoms with van der Waals surface area (Å²) in [6, 6.07) is 16.0. The highest BCUT2D eigenvalue weighted by Gasteiger charge is 2.13. The molecule has 7 nitrogen and oxygen atoms in total. The first-order valence-corrected chi connectivity index (χ1v) is 9.02. The molecule has 4 N–H and O–H groups in total. The van der Waals surface area contributed by atoms with E-state index in [1.807, 2.05) is 42.5 Å². The van der Waals surface area contributed by atoms with Crippen LogP contribution in [0.4, 0.5) is 0 Å². The molecule has 0 radical (unpaired) electrons. The second-order valence-electron chi connectivity index (χ2n) is 6.49. The number of benzene rings is 2. The van der Waals surface area contributed by atoms with E-state index in [2.05, 4.69) is 5.32 Å². The highest BCUT2D eigenvalue weighted by atomic mass is 16.5. The van der Waals surface area contributed by atoms with Crippen LogP contribution < -0.4 is 21.3 Å². The maximum absolute atomic E-state index is 12.9. The molecule has 0 aliphatic heterocycles. The lowest BCUT2D eigenvalue weighted by Crippen LogP contribution is -2.39. The molecule has 1 amide bonds. The third-order valence-corrected chi connectivity index (χ3v) is 4.47. The van der Waals surface area contributed by atoms with Gasteiger partial charge in [0.25, 0.3) is 5.56 Å². The van der Waals surface area contributed by atoms with Gasteiger partial charge in [-0.05, 0) is 42.6 Å². The Labute approximate surface area is 162 Å².